The van der Waals surface area contributed by atoms with E-state index in [-0.39, 0.29) is 0 Å². The van der Waals surface area contributed by atoms with Crippen LogP contribution in [0.5, 0.6) is 0 Å². The van der Waals surface area contributed by atoms with Crippen molar-refractivity contribution in [3.8, 4) is 0 Å². The zero-order valence-electron chi connectivity index (χ0n) is 9.86. The maximum absolute atomic E-state index is 11.5. The van der Waals surface area contributed by atoms with Crippen molar-refractivity contribution in [1.29, 1.82) is 0 Å². The van der Waals surface area contributed by atoms with Crippen LogP contribution >= 0.6 is 0 Å². The first-order valence-corrected chi connectivity index (χ1v) is 6.88. The second-order valence-electron chi connectivity index (χ2n) is 3.75. The van der Waals surface area contributed by atoms with Gasteiger partial charge in [0, 0.05) is 18.6 Å². The second kappa shape index (κ2) is 5.79. The van der Waals surface area contributed by atoms with Crippen LogP contribution in [-0.4, -0.2) is 31.4 Å². The van der Waals surface area contributed by atoms with Gasteiger partial charge in [-0.05, 0) is 19.3 Å². The highest BCUT2D eigenvalue weighted by atomic mass is 32.2. The van der Waals surface area contributed by atoms with Gasteiger partial charge in [0.05, 0.1) is 0 Å². The van der Waals surface area contributed by atoms with Crippen molar-refractivity contribution in [3.05, 3.63) is 0 Å². The molecule has 15 heavy (non-hydrogen) atoms. The Kier molecular flexibility index (Phi) is 5.72. The molecule has 0 saturated carbocycles. The molecular formula is C9H23N3O2S. The molecule has 0 rings (SSSR count). The lowest BCUT2D eigenvalue weighted by Gasteiger charge is -2.40. The van der Waals surface area contributed by atoms with E-state index in [1.54, 1.807) is 0 Å². The van der Waals surface area contributed by atoms with Gasteiger partial charge in [-0.25, -0.2) is 5.14 Å². The normalized spacial score (nSPS) is 13.5. The van der Waals surface area contributed by atoms with Crippen LogP contribution in [0.4, 0.5) is 0 Å². The third-order valence-corrected chi connectivity index (χ3v) is 4.14. The van der Waals surface area contributed by atoms with Crippen LogP contribution < -0.4 is 10.9 Å². The molecule has 0 unspecified atom stereocenters. The van der Waals surface area contributed by atoms with Crippen molar-refractivity contribution in [1.82, 2.24) is 4.31 Å². The lowest BCUT2D eigenvalue weighted by atomic mass is 9.93. The summed E-state index contributed by atoms with van der Waals surface area (Å²) in [6.07, 6.45) is 2.09. The Bertz CT molecular complexity index is 265. The Hall–Kier alpha value is -0.170. The maximum Gasteiger partial charge on any atom is 0.277 e. The summed E-state index contributed by atoms with van der Waals surface area (Å²) < 4.78 is 24.3. The first-order chi connectivity index (χ1) is 6.87. The van der Waals surface area contributed by atoms with E-state index in [1.807, 2.05) is 20.8 Å². The molecule has 0 aromatic carbocycles. The highest BCUT2D eigenvalue weighted by Crippen LogP contribution is 2.24. The van der Waals surface area contributed by atoms with Crippen molar-refractivity contribution in [2.24, 2.45) is 10.9 Å². The fourth-order valence-corrected chi connectivity index (χ4v) is 3.14. The average molecular weight is 237 g/mol. The van der Waals surface area contributed by atoms with Gasteiger partial charge in [0.1, 0.15) is 0 Å². The largest absolute Gasteiger partial charge is 0.329 e. The monoisotopic (exact) mass is 237 g/mol. The summed E-state index contributed by atoms with van der Waals surface area (Å²) in [5, 5.41) is 5.22. The first-order valence-electron chi connectivity index (χ1n) is 5.38. The molecule has 0 radical (unpaired) electrons. The molecule has 0 aromatic heterocycles. The van der Waals surface area contributed by atoms with Crippen molar-refractivity contribution in [2.45, 2.75) is 45.6 Å². The molecule has 0 fully saturated rings. The number of rotatable bonds is 7. The quantitative estimate of drug-likeness (QED) is 0.672. The van der Waals surface area contributed by atoms with Gasteiger partial charge in [0.15, 0.2) is 0 Å². The Balaban J connectivity index is 5.19. The molecule has 0 amide bonds. The van der Waals surface area contributed by atoms with Gasteiger partial charge in [-0.1, -0.05) is 20.8 Å². The van der Waals surface area contributed by atoms with Crippen LogP contribution in [0.25, 0.3) is 0 Å². The van der Waals surface area contributed by atoms with Crippen molar-refractivity contribution < 1.29 is 8.42 Å². The molecular weight excluding hydrogens is 214 g/mol. The van der Waals surface area contributed by atoms with Crippen molar-refractivity contribution in [3.63, 3.8) is 0 Å². The third kappa shape index (κ3) is 3.41. The zero-order valence-corrected chi connectivity index (χ0v) is 10.7. The minimum absolute atomic E-state index is 0.302. The fourth-order valence-electron chi connectivity index (χ4n) is 1.83. The minimum atomic E-state index is -3.67. The minimum Gasteiger partial charge on any atom is -0.329 e. The van der Waals surface area contributed by atoms with E-state index >= 15 is 0 Å². The highest BCUT2D eigenvalue weighted by Gasteiger charge is 2.37. The number of nitrogens with two attached hydrogens (primary N) is 2. The predicted molar refractivity (Wildman–Crippen MR) is 62.5 cm³/mol. The van der Waals surface area contributed by atoms with Gasteiger partial charge in [-0.3, -0.25) is 0 Å². The molecule has 6 heteroatoms. The summed E-state index contributed by atoms with van der Waals surface area (Å²) in [6.45, 7) is 6.52. The molecule has 0 heterocycles. The van der Waals surface area contributed by atoms with E-state index in [4.69, 9.17) is 10.9 Å². The third-order valence-electron chi connectivity index (χ3n) is 2.96. The van der Waals surface area contributed by atoms with E-state index in [1.165, 1.54) is 4.31 Å². The van der Waals surface area contributed by atoms with E-state index in [0.29, 0.717) is 25.9 Å². The molecule has 5 nitrogen and oxygen atoms in total. The van der Waals surface area contributed by atoms with Crippen molar-refractivity contribution in [2.75, 3.05) is 13.1 Å². The molecule has 92 valence electrons. The number of nitrogens with zero attached hydrogens (tertiary/aromatic N) is 1. The van der Waals surface area contributed by atoms with Gasteiger partial charge < -0.3 is 5.73 Å². The van der Waals surface area contributed by atoms with Gasteiger partial charge in [0.25, 0.3) is 10.2 Å². The average Bonchev–Trinajstić information content (AvgIpc) is 2.18. The summed E-state index contributed by atoms with van der Waals surface area (Å²) in [5.41, 5.74) is 5.17. The molecule has 4 N–H and O–H groups in total. The Morgan fingerprint density at radius 3 is 1.87 bits per heavy atom. The first kappa shape index (κ1) is 14.8. The zero-order chi connectivity index (χ0) is 12.1. The number of hydrogen-bond acceptors (Lipinski definition) is 3. The van der Waals surface area contributed by atoms with Crippen molar-refractivity contribution >= 4 is 10.2 Å². The fraction of sp³-hybridized carbons (Fsp3) is 1.00. The van der Waals surface area contributed by atoms with E-state index in [2.05, 4.69) is 0 Å². The molecule has 0 atom stereocenters. The van der Waals surface area contributed by atoms with Crippen LogP contribution in [0.1, 0.15) is 40.0 Å². The molecule has 0 saturated heterocycles. The van der Waals surface area contributed by atoms with Crippen LogP contribution in [-0.2, 0) is 10.2 Å². The Morgan fingerprint density at radius 1 is 1.20 bits per heavy atom. The van der Waals surface area contributed by atoms with Gasteiger partial charge in [-0.2, -0.15) is 12.7 Å². The predicted octanol–water partition coefficient (Wildman–Crippen LogP) is 0.419. The summed E-state index contributed by atoms with van der Waals surface area (Å²) in [5.74, 6) is 0. The topological polar surface area (TPSA) is 89.4 Å². The smallest absolute Gasteiger partial charge is 0.277 e. The summed E-state index contributed by atoms with van der Waals surface area (Å²) in [4.78, 5) is 0. The van der Waals surface area contributed by atoms with Gasteiger partial charge in [-0.15, -0.1) is 0 Å². The molecule has 0 spiro atoms. The van der Waals surface area contributed by atoms with E-state index < -0.39 is 15.7 Å². The van der Waals surface area contributed by atoms with Crippen LogP contribution in [0.15, 0.2) is 0 Å². The molecule has 0 aliphatic heterocycles. The summed E-state index contributed by atoms with van der Waals surface area (Å²) in [7, 11) is -3.67. The van der Waals surface area contributed by atoms with Crippen LogP contribution in [0, 0.1) is 0 Å². The van der Waals surface area contributed by atoms with Crippen LogP contribution in [0.2, 0.25) is 0 Å². The van der Waals surface area contributed by atoms with Crippen LogP contribution in [0.3, 0.4) is 0 Å². The van der Waals surface area contributed by atoms with Gasteiger partial charge in [0.2, 0.25) is 0 Å². The molecule has 0 bridgehead atoms. The van der Waals surface area contributed by atoms with E-state index in [0.717, 1.165) is 6.42 Å². The summed E-state index contributed by atoms with van der Waals surface area (Å²) >= 11 is 0. The second-order valence-corrected chi connectivity index (χ2v) is 5.22. The maximum atomic E-state index is 11.5. The lowest BCUT2D eigenvalue weighted by Crippen LogP contribution is -2.57. The summed E-state index contributed by atoms with van der Waals surface area (Å²) in [6, 6.07) is 0. The lowest BCUT2D eigenvalue weighted by molar-refractivity contribution is 0.178. The van der Waals surface area contributed by atoms with E-state index in [9.17, 15) is 8.42 Å². The SMILES string of the molecule is CCCN(C(CC)(CC)CN)S(N)(=O)=O. The van der Waals surface area contributed by atoms with Gasteiger partial charge >= 0.3 is 0 Å². The molecule has 0 aliphatic carbocycles. The Labute approximate surface area is 93.0 Å². The molecule has 0 aliphatic rings. The Morgan fingerprint density at radius 2 is 1.67 bits per heavy atom. The molecule has 0 aromatic rings. The highest BCUT2D eigenvalue weighted by molar-refractivity contribution is 7.86. The standard InChI is InChI=1S/C9H23N3O2S/c1-4-7-12(15(11,13)14)9(5-2,6-3)8-10/h4-8,10H2,1-3H3,(H2,11,13,14). The number of hydrogen-bond donors (Lipinski definition) is 2.